The zero-order valence-corrected chi connectivity index (χ0v) is 14.4. The first-order valence-electron chi connectivity index (χ1n) is 8.00. The van der Waals surface area contributed by atoms with Crippen molar-refractivity contribution < 1.29 is 9.18 Å². The third-order valence-corrected chi connectivity index (χ3v) is 5.04. The number of piperazine rings is 1. The van der Waals surface area contributed by atoms with Crippen molar-refractivity contribution in [2.45, 2.75) is 19.5 Å². The average Bonchev–Trinajstić information content (AvgIpc) is 3.04. The summed E-state index contributed by atoms with van der Waals surface area (Å²) in [4.78, 5) is 20.6. The summed E-state index contributed by atoms with van der Waals surface area (Å²) in [6, 6.07) is 5.95. The van der Waals surface area contributed by atoms with Crippen molar-refractivity contribution >= 4 is 17.2 Å². The Hall–Kier alpha value is -1.83. The van der Waals surface area contributed by atoms with E-state index in [0.29, 0.717) is 13.1 Å². The van der Waals surface area contributed by atoms with Crippen molar-refractivity contribution in [3.8, 4) is 10.6 Å². The monoisotopic (exact) mass is 348 g/mol. The SMILES string of the molecule is C[C@@H](N)C(=O)N1CCN(Cc2csc(-c3ccc(F)cc3)n2)CC1. The van der Waals surface area contributed by atoms with Crippen LogP contribution in [0.4, 0.5) is 4.39 Å². The number of hydrogen-bond acceptors (Lipinski definition) is 5. The Bertz CT molecular complexity index is 693. The molecule has 0 bridgehead atoms. The van der Waals surface area contributed by atoms with Crippen LogP contribution in [0, 0.1) is 5.82 Å². The van der Waals surface area contributed by atoms with Crippen LogP contribution in [-0.2, 0) is 11.3 Å². The van der Waals surface area contributed by atoms with Gasteiger partial charge >= 0.3 is 0 Å². The number of aromatic nitrogens is 1. The van der Waals surface area contributed by atoms with Gasteiger partial charge in [-0.2, -0.15) is 0 Å². The van der Waals surface area contributed by atoms with Crippen LogP contribution in [0.15, 0.2) is 29.6 Å². The van der Waals surface area contributed by atoms with Gasteiger partial charge in [0.15, 0.2) is 0 Å². The maximum atomic E-state index is 13.0. The van der Waals surface area contributed by atoms with E-state index in [1.165, 1.54) is 12.1 Å². The van der Waals surface area contributed by atoms with Gasteiger partial charge in [-0.15, -0.1) is 11.3 Å². The molecule has 128 valence electrons. The molecular formula is C17H21FN4OS. The van der Waals surface area contributed by atoms with Crippen molar-refractivity contribution in [3.05, 3.63) is 41.2 Å². The molecule has 1 aromatic carbocycles. The second-order valence-electron chi connectivity index (χ2n) is 6.04. The number of benzene rings is 1. The summed E-state index contributed by atoms with van der Waals surface area (Å²) in [6.07, 6.45) is 0. The van der Waals surface area contributed by atoms with Gasteiger partial charge in [-0.3, -0.25) is 9.69 Å². The summed E-state index contributed by atoms with van der Waals surface area (Å²) in [5.74, 6) is -0.225. The highest BCUT2D eigenvalue weighted by Crippen LogP contribution is 2.24. The molecule has 0 aliphatic carbocycles. The minimum absolute atomic E-state index is 0.0157. The summed E-state index contributed by atoms with van der Waals surface area (Å²) in [5.41, 5.74) is 7.59. The van der Waals surface area contributed by atoms with E-state index in [0.717, 1.165) is 35.9 Å². The number of halogens is 1. The predicted octanol–water partition coefficient (Wildman–Crippen LogP) is 1.94. The standard InChI is InChI=1S/C17H21FN4OS/c1-12(19)17(23)22-8-6-21(7-9-22)10-15-11-24-16(20-15)13-2-4-14(18)5-3-13/h2-5,11-12H,6-10,19H2,1H3/t12-/m1/s1. The Kier molecular flexibility index (Phi) is 5.23. The second-order valence-corrected chi connectivity index (χ2v) is 6.90. The first kappa shape index (κ1) is 17.0. The van der Waals surface area contributed by atoms with E-state index >= 15 is 0 Å². The molecule has 0 spiro atoms. The van der Waals surface area contributed by atoms with Crippen molar-refractivity contribution in [2.24, 2.45) is 5.73 Å². The molecule has 0 unspecified atom stereocenters. The highest BCUT2D eigenvalue weighted by Gasteiger charge is 2.23. The smallest absolute Gasteiger partial charge is 0.239 e. The van der Waals surface area contributed by atoms with Crippen molar-refractivity contribution in [1.82, 2.24) is 14.8 Å². The van der Waals surface area contributed by atoms with Gasteiger partial charge in [0, 0.05) is 43.7 Å². The minimum Gasteiger partial charge on any atom is -0.339 e. The van der Waals surface area contributed by atoms with E-state index in [1.54, 1.807) is 30.4 Å². The Morgan fingerprint density at radius 1 is 1.29 bits per heavy atom. The molecule has 0 radical (unpaired) electrons. The van der Waals surface area contributed by atoms with Gasteiger partial charge in [-0.25, -0.2) is 9.37 Å². The van der Waals surface area contributed by atoms with Gasteiger partial charge in [-0.1, -0.05) is 0 Å². The zero-order valence-electron chi connectivity index (χ0n) is 13.6. The maximum absolute atomic E-state index is 13.0. The molecule has 3 rings (SSSR count). The Balaban J connectivity index is 1.56. The lowest BCUT2D eigenvalue weighted by Crippen LogP contribution is -2.52. The Morgan fingerprint density at radius 3 is 2.58 bits per heavy atom. The topological polar surface area (TPSA) is 62.5 Å². The maximum Gasteiger partial charge on any atom is 0.239 e. The van der Waals surface area contributed by atoms with Crippen molar-refractivity contribution in [2.75, 3.05) is 26.2 Å². The largest absolute Gasteiger partial charge is 0.339 e. The zero-order chi connectivity index (χ0) is 17.1. The molecule has 1 aromatic heterocycles. The lowest BCUT2D eigenvalue weighted by atomic mass is 10.2. The predicted molar refractivity (Wildman–Crippen MR) is 93.0 cm³/mol. The fourth-order valence-corrected chi connectivity index (χ4v) is 3.57. The number of nitrogens with two attached hydrogens (primary N) is 1. The third kappa shape index (κ3) is 3.98. The summed E-state index contributed by atoms with van der Waals surface area (Å²) in [5, 5.41) is 2.94. The van der Waals surface area contributed by atoms with E-state index in [2.05, 4.69) is 9.88 Å². The quantitative estimate of drug-likeness (QED) is 0.917. The third-order valence-electron chi connectivity index (χ3n) is 4.10. The minimum atomic E-state index is -0.437. The van der Waals surface area contributed by atoms with Crippen LogP contribution in [0.25, 0.3) is 10.6 Å². The lowest BCUT2D eigenvalue weighted by molar-refractivity contribution is -0.134. The van der Waals surface area contributed by atoms with Gasteiger partial charge in [0.1, 0.15) is 10.8 Å². The summed E-state index contributed by atoms with van der Waals surface area (Å²) in [6.45, 7) is 5.53. The van der Waals surface area contributed by atoms with Crippen LogP contribution >= 0.6 is 11.3 Å². The van der Waals surface area contributed by atoms with Gasteiger partial charge in [0.2, 0.25) is 5.91 Å². The molecule has 2 aromatic rings. The molecular weight excluding hydrogens is 327 g/mol. The van der Waals surface area contributed by atoms with E-state index in [1.807, 2.05) is 10.3 Å². The van der Waals surface area contributed by atoms with Gasteiger partial charge in [0.25, 0.3) is 0 Å². The lowest BCUT2D eigenvalue weighted by Gasteiger charge is -2.35. The second kappa shape index (κ2) is 7.38. The van der Waals surface area contributed by atoms with Crippen LogP contribution in [0.1, 0.15) is 12.6 Å². The van der Waals surface area contributed by atoms with Crippen molar-refractivity contribution in [1.29, 1.82) is 0 Å². The van der Waals surface area contributed by atoms with E-state index in [-0.39, 0.29) is 11.7 Å². The number of hydrogen-bond donors (Lipinski definition) is 1. The molecule has 2 heterocycles. The fraction of sp³-hybridized carbons (Fsp3) is 0.412. The van der Waals surface area contributed by atoms with Crippen LogP contribution in [0.3, 0.4) is 0 Å². The molecule has 1 amide bonds. The van der Waals surface area contributed by atoms with Gasteiger partial charge in [0.05, 0.1) is 11.7 Å². The fourth-order valence-electron chi connectivity index (χ4n) is 2.75. The number of rotatable bonds is 4. The number of carbonyl (C=O) groups excluding carboxylic acids is 1. The number of carbonyl (C=O) groups is 1. The van der Waals surface area contributed by atoms with E-state index in [9.17, 15) is 9.18 Å². The molecule has 1 aliphatic rings. The average molecular weight is 348 g/mol. The summed E-state index contributed by atoms with van der Waals surface area (Å²) in [7, 11) is 0. The molecule has 24 heavy (non-hydrogen) atoms. The molecule has 2 N–H and O–H groups in total. The first-order chi connectivity index (χ1) is 11.5. The Labute approximate surface area is 144 Å². The molecule has 1 atom stereocenters. The van der Waals surface area contributed by atoms with E-state index in [4.69, 9.17) is 5.73 Å². The van der Waals surface area contributed by atoms with Crippen LogP contribution in [-0.4, -0.2) is 52.9 Å². The summed E-state index contributed by atoms with van der Waals surface area (Å²) < 4.78 is 13.0. The molecule has 5 nitrogen and oxygen atoms in total. The molecule has 1 saturated heterocycles. The van der Waals surface area contributed by atoms with Crippen molar-refractivity contribution in [3.63, 3.8) is 0 Å². The van der Waals surface area contributed by atoms with Gasteiger partial charge < -0.3 is 10.6 Å². The highest BCUT2D eigenvalue weighted by atomic mass is 32.1. The van der Waals surface area contributed by atoms with E-state index < -0.39 is 6.04 Å². The number of amides is 1. The van der Waals surface area contributed by atoms with Gasteiger partial charge in [-0.05, 0) is 31.2 Å². The molecule has 1 fully saturated rings. The van der Waals surface area contributed by atoms with Crippen LogP contribution < -0.4 is 5.73 Å². The Morgan fingerprint density at radius 2 is 1.96 bits per heavy atom. The molecule has 7 heteroatoms. The number of thiazole rings is 1. The first-order valence-corrected chi connectivity index (χ1v) is 8.88. The highest BCUT2D eigenvalue weighted by molar-refractivity contribution is 7.13. The molecule has 0 saturated carbocycles. The normalized spacial score (nSPS) is 17.0. The number of nitrogens with zero attached hydrogens (tertiary/aromatic N) is 3. The van der Waals surface area contributed by atoms with Crippen LogP contribution in [0.2, 0.25) is 0 Å². The van der Waals surface area contributed by atoms with Crippen LogP contribution in [0.5, 0.6) is 0 Å². The molecule has 1 aliphatic heterocycles. The summed E-state index contributed by atoms with van der Waals surface area (Å²) >= 11 is 1.57.